The Morgan fingerprint density at radius 3 is 2.25 bits per heavy atom. The molecule has 0 aliphatic heterocycles. The minimum Gasteiger partial charge on any atom is -0.497 e. The fourth-order valence-electron chi connectivity index (χ4n) is 4.44. The van der Waals surface area contributed by atoms with Gasteiger partial charge in [0.15, 0.2) is 0 Å². The van der Waals surface area contributed by atoms with Gasteiger partial charge in [0.1, 0.15) is 27.5 Å². The molecule has 2 aromatic carbocycles. The Balaban J connectivity index is 1.82. The lowest BCUT2D eigenvalue weighted by Gasteiger charge is -2.56. The summed E-state index contributed by atoms with van der Waals surface area (Å²) in [7, 11) is 61.2. The van der Waals surface area contributed by atoms with E-state index in [0.29, 0.717) is 5.56 Å². The molecule has 0 amide bonds. The first-order chi connectivity index (χ1) is 18.2. The molecule has 0 saturated carbocycles. The van der Waals surface area contributed by atoms with Crippen LogP contribution in [0, 0.1) is 11.3 Å². The molecular weight excluding hydrogens is 488 g/mol. The highest BCUT2D eigenvalue weighted by molar-refractivity contribution is 6.59. The number of hydrogen-bond donors (Lipinski definition) is 2. The summed E-state index contributed by atoms with van der Waals surface area (Å²) in [6.07, 6.45) is 0. The Bertz CT molecular complexity index is 1510. The molecule has 0 bridgehead atoms. The van der Waals surface area contributed by atoms with Gasteiger partial charge in [0.25, 0.3) is 5.89 Å². The van der Waals surface area contributed by atoms with Gasteiger partial charge < -0.3 is 19.7 Å². The molecule has 1 atom stereocenters. The van der Waals surface area contributed by atoms with Crippen LogP contribution >= 0.6 is 0 Å². The largest absolute Gasteiger partial charge is 0.497 e. The highest BCUT2D eigenvalue weighted by Gasteiger charge is 2.59. The van der Waals surface area contributed by atoms with Crippen molar-refractivity contribution in [2.75, 3.05) is 0 Å². The summed E-state index contributed by atoms with van der Waals surface area (Å²) in [5.74, 6) is 0.376. The van der Waals surface area contributed by atoms with Crippen LogP contribution in [-0.2, 0) is 10.7 Å². The maximum Gasteiger partial charge on any atom is 0.258 e. The number of fused-ring (bicyclic) bond motifs is 1. The fourth-order valence-corrected chi connectivity index (χ4v) is 4.44. The number of ether oxygens (including phenoxy) is 1. The first kappa shape index (κ1) is 30.4. The van der Waals surface area contributed by atoms with Gasteiger partial charge in [0, 0.05) is 11.1 Å². The Labute approximate surface area is 246 Å². The van der Waals surface area contributed by atoms with E-state index in [4.69, 9.17) is 87.7 Å². The van der Waals surface area contributed by atoms with Gasteiger partial charge in [-0.1, -0.05) is 33.8 Å². The molecule has 1 heterocycles. The summed E-state index contributed by atoms with van der Waals surface area (Å²) in [6.45, 7) is 3.30. The standard InChI is InChI=1S/C23H14B10N4O3/c1-18(2,24)39-14-7-6-10(8-11(14)9-34)17-35-16(36-40-17)12-4-3-5-13-15(12)19(25,26)21(28,29)20(13,27)37-22(30,31)23(32,33)38/h3-8,37-38H,1-2H3/t20-/m1/s1. The molecule has 1 aromatic heterocycles. The minimum atomic E-state index is -2.67. The van der Waals surface area contributed by atoms with Crippen molar-refractivity contribution in [3.63, 3.8) is 0 Å². The maximum absolute atomic E-state index is 10.1. The molecule has 7 nitrogen and oxygen atoms in total. The monoisotopic (exact) mass is 504 g/mol. The third kappa shape index (κ3) is 4.81. The molecule has 0 unspecified atom stereocenters. The summed E-state index contributed by atoms with van der Waals surface area (Å²) in [5.41, 5.74) is -1.95. The summed E-state index contributed by atoms with van der Waals surface area (Å²) >= 11 is 0. The van der Waals surface area contributed by atoms with E-state index in [0.717, 1.165) is 0 Å². The van der Waals surface area contributed by atoms with Gasteiger partial charge in [-0.25, -0.2) is 0 Å². The van der Waals surface area contributed by atoms with Crippen molar-refractivity contribution in [3.05, 3.63) is 53.1 Å². The Kier molecular flexibility index (Phi) is 7.21. The average molecular weight is 503 g/mol. The van der Waals surface area contributed by atoms with Crippen LogP contribution in [0.4, 0.5) is 0 Å². The lowest BCUT2D eigenvalue weighted by Crippen LogP contribution is -2.72. The summed E-state index contributed by atoms with van der Waals surface area (Å²) < 4.78 is 11.1. The SMILES string of the molecule is [B]C(C)(C)Oc1ccc(-c2nc(-c3cccc4c3C([B])([B])C([B])([B])[C@]4([B])NC([B])([B])C([B])([B])O)no2)cc1C#N. The van der Waals surface area contributed by atoms with Crippen molar-refractivity contribution in [2.45, 2.75) is 46.0 Å². The highest BCUT2D eigenvalue weighted by Crippen LogP contribution is 2.60. The molecule has 0 spiro atoms. The van der Waals surface area contributed by atoms with Crippen molar-refractivity contribution < 1.29 is 14.4 Å². The lowest BCUT2D eigenvalue weighted by molar-refractivity contribution is 0.161. The van der Waals surface area contributed by atoms with E-state index in [-0.39, 0.29) is 39.7 Å². The molecule has 17 heteroatoms. The van der Waals surface area contributed by atoms with E-state index in [1.54, 1.807) is 38.1 Å². The van der Waals surface area contributed by atoms with Crippen molar-refractivity contribution in [3.8, 4) is 34.7 Å². The van der Waals surface area contributed by atoms with Gasteiger partial charge in [-0.3, -0.25) is 0 Å². The number of benzene rings is 2. The van der Waals surface area contributed by atoms with Crippen LogP contribution in [0.25, 0.3) is 22.8 Å². The molecule has 20 radical (unpaired) electrons. The summed E-state index contributed by atoms with van der Waals surface area (Å²) in [6, 6.07) is 11.4. The number of aliphatic hydroxyl groups is 1. The number of nitrogens with zero attached hydrogens (tertiary/aromatic N) is 3. The van der Waals surface area contributed by atoms with Crippen molar-refractivity contribution >= 4 is 78.5 Å². The Morgan fingerprint density at radius 1 is 1.02 bits per heavy atom. The van der Waals surface area contributed by atoms with E-state index < -0.39 is 32.1 Å². The van der Waals surface area contributed by atoms with Gasteiger partial charge >= 0.3 is 0 Å². The van der Waals surface area contributed by atoms with Gasteiger partial charge in [0.05, 0.1) is 73.8 Å². The molecule has 1 aliphatic rings. The second-order valence-electron chi connectivity index (χ2n) is 10.5. The Hall–Kier alpha value is -2.56. The molecule has 0 fully saturated rings. The number of aromatic nitrogens is 2. The lowest BCUT2D eigenvalue weighted by atomic mass is 9.24. The fraction of sp³-hybridized carbons (Fsp3) is 0.348. The molecule has 2 N–H and O–H groups in total. The molecule has 40 heavy (non-hydrogen) atoms. The smallest absolute Gasteiger partial charge is 0.258 e. The highest BCUT2D eigenvalue weighted by atomic mass is 16.5. The van der Waals surface area contributed by atoms with Crippen LogP contribution < -0.4 is 10.1 Å². The first-order valence-corrected chi connectivity index (χ1v) is 11.8. The Morgan fingerprint density at radius 2 is 1.68 bits per heavy atom. The van der Waals surface area contributed by atoms with E-state index in [1.165, 1.54) is 12.1 Å². The number of rotatable bonds is 7. The van der Waals surface area contributed by atoms with Gasteiger partial charge in [-0.05, 0) is 59.3 Å². The molecule has 4 rings (SSSR count). The van der Waals surface area contributed by atoms with E-state index >= 15 is 0 Å². The molecule has 174 valence electrons. The second-order valence-corrected chi connectivity index (χ2v) is 10.5. The first-order valence-electron chi connectivity index (χ1n) is 11.8. The summed E-state index contributed by atoms with van der Waals surface area (Å²) in [4.78, 5) is 4.45. The van der Waals surface area contributed by atoms with Gasteiger partial charge in [-0.2, -0.15) is 10.2 Å². The van der Waals surface area contributed by atoms with Crippen LogP contribution in [0.3, 0.4) is 0 Å². The van der Waals surface area contributed by atoms with Crippen molar-refractivity contribution in [1.82, 2.24) is 15.5 Å². The zero-order valence-electron chi connectivity index (χ0n) is 21.8. The normalized spacial score (nSPS) is 19.9. The van der Waals surface area contributed by atoms with Crippen LogP contribution in [0.1, 0.15) is 30.5 Å². The molecule has 0 saturated heterocycles. The van der Waals surface area contributed by atoms with E-state index in [1.807, 2.05) is 0 Å². The molecule has 3 aromatic rings. The quantitative estimate of drug-likeness (QED) is 0.375. The van der Waals surface area contributed by atoms with Crippen molar-refractivity contribution in [1.29, 1.82) is 5.26 Å². The number of nitriles is 1. The van der Waals surface area contributed by atoms with E-state index in [2.05, 4.69) is 21.5 Å². The number of hydrogen-bond acceptors (Lipinski definition) is 7. The average Bonchev–Trinajstić information content (AvgIpc) is 3.35. The minimum absolute atomic E-state index is 0.0371. The van der Waals surface area contributed by atoms with Gasteiger partial charge in [-0.15, -0.1) is 0 Å². The zero-order valence-corrected chi connectivity index (χ0v) is 21.8. The van der Waals surface area contributed by atoms with Crippen LogP contribution in [0.2, 0.25) is 5.21 Å². The molecular formula is C23H14B10N4O3. The van der Waals surface area contributed by atoms with Crippen LogP contribution in [0.15, 0.2) is 40.9 Å². The van der Waals surface area contributed by atoms with Gasteiger partial charge in [0.2, 0.25) is 5.82 Å². The van der Waals surface area contributed by atoms with Crippen LogP contribution in [0.5, 0.6) is 5.75 Å². The maximum atomic E-state index is 10.1. The second kappa shape index (κ2) is 9.49. The predicted molar refractivity (Wildman–Crippen MR) is 159 cm³/mol. The number of nitrogens with one attached hydrogen (secondary N) is 1. The van der Waals surface area contributed by atoms with E-state index in [9.17, 15) is 10.4 Å². The predicted octanol–water partition coefficient (Wildman–Crippen LogP) is -1.60. The zero-order chi connectivity index (χ0) is 30.1. The van der Waals surface area contributed by atoms with Crippen molar-refractivity contribution in [2.24, 2.45) is 0 Å². The summed E-state index contributed by atoms with van der Waals surface area (Å²) in [5, 5.41) is 16.9. The molecule has 1 aliphatic carbocycles. The van der Waals surface area contributed by atoms with Crippen LogP contribution in [-0.4, -0.2) is 110 Å². The topological polar surface area (TPSA) is 104 Å². The third-order valence-corrected chi connectivity index (χ3v) is 6.69. The third-order valence-electron chi connectivity index (χ3n) is 6.69.